The van der Waals surface area contributed by atoms with Crippen molar-refractivity contribution < 1.29 is 0 Å². The number of rotatable bonds is 4. The summed E-state index contributed by atoms with van der Waals surface area (Å²) < 4.78 is 0. The Kier molecular flexibility index (Phi) is 3.94. The molecule has 0 aliphatic carbocycles. The highest BCUT2D eigenvalue weighted by Gasteiger charge is 2.05. The average Bonchev–Trinajstić information content (AvgIpc) is 2.35. The number of nitroso groups, excluding NO2 is 1. The lowest BCUT2D eigenvalue weighted by atomic mass is 10.2. The van der Waals surface area contributed by atoms with Gasteiger partial charge in [0.2, 0.25) is 0 Å². The molecule has 17 heavy (non-hydrogen) atoms. The lowest BCUT2D eigenvalue weighted by molar-refractivity contribution is 1.01. The van der Waals surface area contributed by atoms with Crippen LogP contribution in [0.25, 0.3) is 0 Å². The van der Waals surface area contributed by atoms with E-state index in [9.17, 15) is 4.91 Å². The monoisotopic (exact) mass is 243 g/mol. The fourth-order valence-corrected chi connectivity index (χ4v) is 2.62. The first-order valence-electron chi connectivity index (χ1n) is 5.42. The summed E-state index contributed by atoms with van der Waals surface area (Å²) in [6.45, 7) is 2.32. The Morgan fingerprint density at radius 3 is 2.35 bits per heavy atom. The van der Waals surface area contributed by atoms with E-state index >= 15 is 0 Å². The number of hydrogen-bond donors (Lipinski definition) is 0. The lowest BCUT2D eigenvalue weighted by Crippen LogP contribution is -1.86. The maximum atomic E-state index is 10.4. The Morgan fingerprint density at radius 2 is 1.65 bits per heavy atom. The van der Waals surface area contributed by atoms with E-state index < -0.39 is 0 Å². The summed E-state index contributed by atoms with van der Waals surface area (Å²) >= 11 is 1.68. The zero-order chi connectivity index (χ0) is 12.1. The van der Waals surface area contributed by atoms with Crippen LogP contribution in [-0.4, -0.2) is 0 Å². The first-order valence-corrected chi connectivity index (χ1v) is 6.23. The second-order valence-corrected chi connectivity index (χ2v) is 4.85. The fourth-order valence-electron chi connectivity index (χ4n) is 1.59. The van der Waals surface area contributed by atoms with Crippen LogP contribution in [0.3, 0.4) is 0 Å². The van der Waals surface area contributed by atoms with E-state index in [2.05, 4.69) is 24.2 Å². The van der Waals surface area contributed by atoms with Crippen LogP contribution >= 0.6 is 11.8 Å². The molecule has 0 fully saturated rings. The van der Waals surface area contributed by atoms with E-state index in [4.69, 9.17) is 0 Å². The minimum absolute atomic E-state index is 0.231. The summed E-state index contributed by atoms with van der Waals surface area (Å²) in [5.41, 5.74) is 2.22. The molecule has 0 aliphatic rings. The third kappa shape index (κ3) is 2.94. The maximum Gasteiger partial charge on any atom is 0.107 e. The molecule has 0 radical (unpaired) electrons. The molecule has 2 aromatic carbocycles. The van der Waals surface area contributed by atoms with Crippen molar-refractivity contribution in [2.45, 2.75) is 23.3 Å². The van der Waals surface area contributed by atoms with Gasteiger partial charge < -0.3 is 0 Å². The van der Waals surface area contributed by atoms with Crippen molar-refractivity contribution >= 4 is 11.8 Å². The summed E-state index contributed by atoms with van der Waals surface area (Å²) in [5.74, 6) is 0. The van der Waals surface area contributed by atoms with Crippen molar-refractivity contribution in [3.63, 3.8) is 0 Å². The van der Waals surface area contributed by atoms with E-state index in [0.717, 1.165) is 10.5 Å². The number of benzene rings is 2. The van der Waals surface area contributed by atoms with E-state index in [1.807, 2.05) is 36.4 Å². The molecule has 0 spiro atoms. The summed E-state index contributed by atoms with van der Waals surface area (Å²) in [6.07, 6.45) is 0. The topological polar surface area (TPSA) is 29.4 Å². The Balaban J connectivity index is 2.30. The Bertz CT molecular complexity index is 525. The van der Waals surface area contributed by atoms with Gasteiger partial charge in [-0.15, -0.1) is 0 Å². The van der Waals surface area contributed by atoms with Crippen LogP contribution in [0, 0.1) is 11.8 Å². The van der Waals surface area contributed by atoms with Gasteiger partial charge >= 0.3 is 0 Å². The molecule has 3 heteroatoms. The first-order chi connectivity index (χ1) is 8.31. The largest absolute Gasteiger partial charge is 0.150 e. The molecule has 0 amide bonds. The zero-order valence-corrected chi connectivity index (χ0v) is 10.4. The molecule has 2 aromatic rings. The van der Waals surface area contributed by atoms with Gasteiger partial charge in [0.1, 0.15) is 6.54 Å². The second kappa shape index (κ2) is 5.64. The van der Waals surface area contributed by atoms with Gasteiger partial charge in [0.25, 0.3) is 0 Å². The zero-order valence-electron chi connectivity index (χ0n) is 9.59. The SMILES string of the molecule is Cc1ccccc1Sc1ccccc1CN=O. The van der Waals surface area contributed by atoms with Crippen molar-refractivity contribution in [1.82, 2.24) is 0 Å². The minimum Gasteiger partial charge on any atom is -0.150 e. The smallest absolute Gasteiger partial charge is 0.107 e. The van der Waals surface area contributed by atoms with Crippen LogP contribution in [0.1, 0.15) is 11.1 Å². The van der Waals surface area contributed by atoms with Gasteiger partial charge in [-0.2, -0.15) is 4.91 Å². The first kappa shape index (κ1) is 11.9. The molecule has 0 N–H and O–H groups in total. The third-order valence-corrected chi connectivity index (χ3v) is 3.82. The lowest BCUT2D eigenvalue weighted by Gasteiger charge is -2.08. The molecule has 86 valence electrons. The van der Waals surface area contributed by atoms with E-state index in [0.29, 0.717) is 0 Å². The van der Waals surface area contributed by atoms with Crippen LogP contribution in [0.2, 0.25) is 0 Å². The second-order valence-electron chi connectivity index (χ2n) is 3.76. The van der Waals surface area contributed by atoms with E-state index in [-0.39, 0.29) is 6.54 Å². The predicted molar refractivity (Wildman–Crippen MR) is 71.2 cm³/mol. The summed E-state index contributed by atoms with van der Waals surface area (Å²) in [7, 11) is 0. The molecule has 2 rings (SSSR count). The minimum atomic E-state index is 0.231. The van der Waals surface area contributed by atoms with Crippen molar-refractivity contribution in [3.8, 4) is 0 Å². The van der Waals surface area contributed by atoms with Crippen LogP contribution in [0.15, 0.2) is 63.5 Å². The van der Waals surface area contributed by atoms with Gasteiger partial charge in [-0.25, -0.2) is 0 Å². The van der Waals surface area contributed by atoms with Gasteiger partial charge in [0.05, 0.1) is 0 Å². The Labute approximate surface area is 105 Å². The summed E-state index contributed by atoms with van der Waals surface area (Å²) in [6, 6.07) is 16.1. The van der Waals surface area contributed by atoms with Gasteiger partial charge in [-0.05, 0) is 30.2 Å². The number of hydrogen-bond acceptors (Lipinski definition) is 3. The molecule has 2 nitrogen and oxygen atoms in total. The maximum absolute atomic E-state index is 10.4. The molecule has 0 saturated heterocycles. The molecule has 0 saturated carbocycles. The average molecular weight is 243 g/mol. The highest BCUT2D eigenvalue weighted by Crippen LogP contribution is 2.32. The predicted octanol–water partition coefficient (Wildman–Crippen LogP) is 4.41. The van der Waals surface area contributed by atoms with E-state index in [1.165, 1.54) is 10.5 Å². The number of aryl methyl sites for hydroxylation is 1. The molecule has 0 bridgehead atoms. The van der Waals surface area contributed by atoms with Crippen molar-refractivity contribution in [3.05, 3.63) is 64.6 Å². The Hall–Kier alpha value is -1.61. The quantitative estimate of drug-likeness (QED) is 0.744. The molecule has 0 unspecified atom stereocenters. The molecule has 0 aromatic heterocycles. The van der Waals surface area contributed by atoms with Crippen LogP contribution in [-0.2, 0) is 6.54 Å². The third-order valence-electron chi connectivity index (χ3n) is 2.52. The van der Waals surface area contributed by atoms with Crippen molar-refractivity contribution in [1.29, 1.82) is 0 Å². The molecule has 0 atom stereocenters. The standard InChI is InChI=1S/C14H13NOS/c1-11-6-2-4-8-13(11)17-14-9-5-3-7-12(14)10-15-16/h2-9H,10H2,1H3. The van der Waals surface area contributed by atoms with E-state index in [1.54, 1.807) is 11.8 Å². The number of nitrogens with zero attached hydrogens (tertiary/aromatic N) is 1. The van der Waals surface area contributed by atoms with Gasteiger partial charge in [0, 0.05) is 9.79 Å². The van der Waals surface area contributed by atoms with Crippen LogP contribution < -0.4 is 0 Å². The molecule has 0 aliphatic heterocycles. The van der Waals surface area contributed by atoms with Gasteiger partial charge in [-0.3, -0.25) is 0 Å². The normalized spacial score (nSPS) is 10.2. The Morgan fingerprint density at radius 1 is 1.00 bits per heavy atom. The molecular formula is C14H13NOS. The van der Waals surface area contributed by atoms with Gasteiger partial charge in [0.15, 0.2) is 0 Å². The van der Waals surface area contributed by atoms with Crippen molar-refractivity contribution in [2.24, 2.45) is 5.18 Å². The molecule has 0 heterocycles. The summed E-state index contributed by atoms with van der Waals surface area (Å²) in [5, 5.41) is 2.97. The molecular weight excluding hydrogens is 230 g/mol. The fraction of sp³-hybridized carbons (Fsp3) is 0.143. The van der Waals surface area contributed by atoms with Gasteiger partial charge in [-0.1, -0.05) is 53.3 Å². The van der Waals surface area contributed by atoms with Crippen LogP contribution in [0.5, 0.6) is 0 Å². The summed E-state index contributed by atoms with van der Waals surface area (Å²) in [4.78, 5) is 12.7. The van der Waals surface area contributed by atoms with Crippen molar-refractivity contribution in [2.75, 3.05) is 0 Å². The highest BCUT2D eigenvalue weighted by molar-refractivity contribution is 7.99. The highest BCUT2D eigenvalue weighted by atomic mass is 32.2. The van der Waals surface area contributed by atoms with Crippen LogP contribution in [0.4, 0.5) is 0 Å².